The molecule has 0 radical (unpaired) electrons. The summed E-state index contributed by atoms with van der Waals surface area (Å²) in [4.78, 5) is 29.3. The largest absolute Gasteiger partial charge is 0.350 e. The van der Waals surface area contributed by atoms with Gasteiger partial charge in [0.1, 0.15) is 17.7 Å². The van der Waals surface area contributed by atoms with Gasteiger partial charge in [-0.3, -0.25) is 9.59 Å². The zero-order chi connectivity index (χ0) is 22.5. The van der Waals surface area contributed by atoms with Crippen LogP contribution in [0, 0.1) is 18.7 Å². The van der Waals surface area contributed by atoms with Crippen LogP contribution in [-0.2, 0) is 11.3 Å². The van der Waals surface area contributed by atoms with E-state index in [1.165, 1.54) is 6.07 Å². The Morgan fingerprint density at radius 1 is 1.16 bits per heavy atom. The van der Waals surface area contributed by atoms with Crippen LogP contribution >= 0.6 is 11.6 Å². The van der Waals surface area contributed by atoms with Gasteiger partial charge < -0.3 is 15.2 Å². The van der Waals surface area contributed by atoms with Crippen molar-refractivity contribution < 1.29 is 14.0 Å². The second kappa shape index (κ2) is 9.75. The first-order chi connectivity index (χ1) is 14.8. The quantitative estimate of drug-likeness (QED) is 0.579. The SMILES string of the molecule is Cc1nccn1-c1ccc(CNC(=O)C(NC(=O)c2ccc(Cl)cc2)C(C)C)cc1F. The smallest absolute Gasteiger partial charge is 0.251 e. The standard InChI is InChI=1S/C23H24ClFN4O2/c1-14(2)21(28-22(30)17-5-7-18(24)8-6-17)23(31)27-13-16-4-9-20(19(25)12-16)29-11-10-26-15(29)3/h4-12,14,21H,13H2,1-3H3,(H,27,31)(H,28,30). The number of carbonyl (C=O) groups excluding carboxylic acids is 2. The zero-order valence-corrected chi connectivity index (χ0v) is 18.3. The molecular formula is C23H24ClFN4O2. The molecule has 0 fully saturated rings. The number of hydrogen-bond donors (Lipinski definition) is 2. The van der Waals surface area contributed by atoms with Crippen LogP contribution in [0.15, 0.2) is 54.9 Å². The van der Waals surface area contributed by atoms with E-state index in [0.29, 0.717) is 27.7 Å². The molecule has 1 heterocycles. The van der Waals surface area contributed by atoms with E-state index in [1.807, 2.05) is 13.8 Å². The number of halogens is 2. The lowest BCUT2D eigenvalue weighted by Crippen LogP contribution is -2.49. The van der Waals surface area contributed by atoms with Crippen molar-refractivity contribution in [1.29, 1.82) is 0 Å². The van der Waals surface area contributed by atoms with Gasteiger partial charge in [-0.05, 0) is 54.8 Å². The summed E-state index contributed by atoms with van der Waals surface area (Å²) in [5.74, 6) is -0.580. The van der Waals surface area contributed by atoms with Gasteiger partial charge >= 0.3 is 0 Å². The molecule has 2 aromatic carbocycles. The summed E-state index contributed by atoms with van der Waals surface area (Å²) < 4.78 is 16.2. The van der Waals surface area contributed by atoms with Crippen molar-refractivity contribution in [3.8, 4) is 5.69 Å². The highest BCUT2D eigenvalue weighted by Crippen LogP contribution is 2.17. The Bertz CT molecular complexity index is 1080. The molecule has 3 rings (SSSR count). The zero-order valence-electron chi connectivity index (χ0n) is 17.5. The number of amides is 2. The van der Waals surface area contributed by atoms with Gasteiger partial charge in [0.15, 0.2) is 0 Å². The number of aromatic nitrogens is 2. The van der Waals surface area contributed by atoms with Gasteiger partial charge in [-0.2, -0.15) is 0 Å². The third-order valence-corrected chi connectivity index (χ3v) is 5.16. The molecule has 0 aliphatic carbocycles. The first-order valence-electron chi connectivity index (χ1n) is 9.89. The average Bonchev–Trinajstić information content (AvgIpc) is 3.16. The van der Waals surface area contributed by atoms with Crippen LogP contribution in [-0.4, -0.2) is 27.4 Å². The fourth-order valence-corrected chi connectivity index (χ4v) is 3.27. The van der Waals surface area contributed by atoms with Crippen LogP contribution in [0.1, 0.15) is 35.6 Å². The van der Waals surface area contributed by atoms with Gasteiger partial charge in [0.2, 0.25) is 5.91 Å². The lowest BCUT2D eigenvalue weighted by molar-refractivity contribution is -0.124. The predicted molar refractivity (Wildman–Crippen MR) is 118 cm³/mol. The van der Waals surface area contributed by atoms with E-state index in [4.69, 9.17) is 11.6 Å². The van der Waals surface area contributed by atoms with Crippen LogP contribution in [0.5, 0.6) is 0 Å². The number of imidazole rings is 1. The lowest BCUT2D eigenvalue weighted by atomic mass is 10.0. The number of aryl methyl sites for hydroxylation is 1. The number of hydrogen-bond acceptors (Lipinski definition) is 3. The van der Waals surface area contributed by atoms with Crippen LogP contribution in [0.3, 0.4) is 0 Å². The first kappa shape index (κ1) is 22.5. The molecule has 1 atom stereocenters. The molecule has 3 aromatic rings. The number of carbonyl (C=O) groups is 2. The second-order valence-electron chi connectivity index (χ2n) is 7.55. The normalized spacial score (nSPS) is 11.9. The topological polar surface area (TPSA) is 76.0 Å². The van der Waals surface area contributed by atoms with Crippen LogP contribution in [0.2, 0.25) is 5.02 Å². The van der Waals surface area contributed by atoms with Crippen LogP contribution < -0.4 is 10.6 Å². The fraction of sp³-hybridized carbons (Fsp3) is 0.261. The monoisotopic (exact) mass is 442 g/mol. The molecule has 162 valence electrons. The van der Waals surface area contributed by atoms with Gasteiger partial charge in [0.05, 0.1) is 5.69 Å². The fourth-order valence-electron chi connectivity index (χ4n) is 3.15. The van der Waals surface area contributed by atoms with Crippen molar-refractivity contribution in [2.75, 3.05) is 0 Å². The van der Waals surface area contributed by atoms with Crippen molar-refractivity contribution in [2.45, 2.75) is 33.4 Å². The Morgan fingerprint density at radius 3 is 2.45 bits per heavy atom. The number of nitrogens with one attached hydrogen (secondary N) is 2. The molecule has 0 spiro atoms. The van der Waals surface area contributed by atoms with Crippen molar-refractivity contribution in [1.82, 2.24) is 20.2 Å². The van der Waals surface area contributed by atoms with E-state index in [2.05, 4.69) is 15.6 Å². The molecule has 6 nitrogen and oxygen atoms in total. The Morgan fingerprint density at radius 2 is 1.87 bits per heavy atom. The summed E-state index contributed by atoms with van der Waals surface area (Å²) in [5, 5.41) is 6.06. The third-order valence-electron chi connectivity index (χ3n) is 4.91. The van der Waals surface area contributed by atoms with Gasteiger partial charge in [0, 0.05) is 29.5 Å². The molecule has 0 saturated heterocycles. The number of rotatable bonds is 7. The highest BCUT2D eigenvalue weighted by molar-refractivity contribution is 6.30. The average molecular weight is 443 g/mol. The summed E-state index contributed by atoms with van der Waals surface area (Å²) in [6.45, 7) is 5.61. The van der Waals surface area contributed by atoms with E-state index >= 15 is 0 Å². The summed E-state index contributed by atoms with van der Waals surface area (Å²) in [6, 6.07) is 10.5. The minimum Gasteiger partial charge on any atom is -0.350 e. The van der Waals surface area contributed by atoms with Crippen LogP contribution in [0.25, 0.3) is 5.69 Å². The maximum atomic E-state index is 14.6. The van der Waals surface area contributed by atoms with E-state index in [1.54, 1.807) is 60.3 Å². The summed E-state index contributed by atoms with van der Waals surface area (Å²) in [7, 11) is 0. The highest BCUT2D eigenvalue weighted by Gasteiger charge is 2.24. The van der Waals surface area contributed by atoms with Gasteiger partial charge in [-0.1, -0.05) is 31.5 Å². The first-order valence-corrected chi connectivity index (χ1v) is 10.3. The van der Waals surface area contributed by atoms with Gasteiger partial charge in [-0.15, -0.1) is 0 Å². The lowest BCUT2D eigenvalue weighted by Gasteiger charge is -2.22. The molecule has 8 heteroatoms. The summed E-state index contributed by atoms with van der Waals surface area (Å²) >= 11 is 5.85. The van der Waals surface area contributed by atoms with E-state index in [0.717, 1.165) is 0 Å². The summed E-state index contributed by atoms with van der Waals surface area (Å²) in [5.41, 5.74) is 1.41. The maximum Gasteiger partial charge on any atom is 0.251 e. The molecule has 1 aromatic heterocycles. The molecular weight excluding hydrogens is 419 g/mol. The molecule has 0 aliphatic rings. The van der Waals surface area contributed by atoms with Crippen molar-refractivity contribution in [3.05, 3.63) is 82.6 Å². The van der Waals surface area contributed by atoms with Crippen molar-refractivity contribution in [2.24, 2.45) is 5.92 Å². The second-order valence-corrected chi connectivity index (χ2v) is 7.99. The molecule has 0 saturated carbocycles. The van der Waals surface area contributed by atoms with Crippen molar-refractivity contribution >= 4 is 23.4 Å². The van der Waals surface area contributed by atoms with E-state index < -0.39 is 11.9 Å². The van der Waals surface area contributed by atoms with Gasteiger partial charge in [-0.25, -0.2) is 9.37 Å². The Hall–Kier alpha value is -3.19. The highest BCUT2D eigenvalue weighted by atomic mass is 35.5. The summed E-state index contributed by atoms with van der Waals surface area (Å²) in [6.07, 6.45) is 3.29. The number of benzene rings is 2. The number of nitrogens with zero attached hydrogens (tertiary/aromatic N) is 2. The Kier molecular flexibility index (Phi) is 7.07. The minimum atomic E-state index is -0.735. The third kappa shape index (κ3) is 5.49. The minimum absolute atomic E-state index is 0.138. The van der Waals surface area contributed by atoms with E-state index in [9.17, 15) is 14.0 Å². The maximum absolute atomic E-state index is 14.6. The Balaban J connectivity index is 1.65. The molecule has 31 heavy (non-hydrogen) atoms. The Labute approximate surface area is 185 Å². The predicted octanol–water partition coefficient (Wildman–Crippen LogP) is 4.04. The molecule has 0 bridgehead atoms. The molecule has 2 amide bonds. The molecule has 1 unspecified atom stereocenters. The molecule has 0 aliphatic heterocycles. The molecule has 2 N–H and O–H groups in total. The van der Waals surface area contributed by atoms with Gasteiger partial charge in [0.25, 0.3) is 5.91 Å². The van der Waals surface area contributed by atoms with Crippen LogP contribution in [0.4, 0.5) is 4.39 Å². The van der Waals surface area contributed by atoms with E-state index in [-0.39, 0.29) is 24.3 Å². The van der Waals surface area contributed by atoms with Crippen molar-refractivity contribution in [3.63, 3.8) is 0 Å².